The highest BCUT2D eigenvalue weighted by atomic mass is 16.6. The summed E-state index contributed by atoms with van der Waals surface area (Å²) in [5.74, 6) is -0.947. The quantitative estimate of drug-likeness (QED) is 0.0199. The second-order valence-electron chi connectivity index (χ2n) is 18.2. The summed E-state index contributed by atoms with van der Waals surface area (Å²) in [6, 6.07) is 0. The lowest BCUT2D eigenvalue weighted by Crippen LogP contribution is -2.30. The fraction of sp³-hybridized carbons (Fsp3) is 0.689. The highest BCUT2D eigenvalue weighted by Crippen LogP contribution is 2.15. The number of carbonyl (C=O) groups excluding carboxylic acids is 3. The zero-order valence-electron chi connectivity index (χ0n) is 43.6. The first-order chi connectivity index (χ1) is 33.0. The molecule has 6 heteroatoms. The molecule has 0 aliphatic heterocycles. The molecule has 0 saturated heterocycles. The lowest BCUT2D eigenvalue weighted by Gasteiger charge is -2.18. The first-order valence-electron chi connectivity index (χ1n) is 27.8. The van der Waals surface area contributed by atoms with Gasteiger partial charge in [0.25, 0.3) is 0 Å². The molecule has 0 saturated carbocycles. The van der Waals surface area contributed by atoms with E-state index in [1.165, 1.54) is 128 Å². The van der Waals surface area contributed by atoms with E-state index in [2.05, 4.69) is 81.5 Å². The van der Waals surface area contributed by atoms with Crippen LogP contribution < -0.4 is 0 Å². The van der Waals surface area contributed by atoms with Crippen LogP contribution in [0, 0.1) is 0 Å². The Hall–Kier alpha value is -3.67. The van der Waals surface area contributed by atoms with Gasteiger partial charge in [0.15, 0.2) is 6.10 Å². The lowest BCUT2D eigenvalue weighted by molar-refractivity contribution is -0.167. The molecular weight excluding hydrogens is 829 g/mol. The molecule has 0 fully saturated rings. The molecule has 0 aliphatic rings. The van der Waals surface area contributed by atoms with Crippen LogP contribution in [0.15, 0.2) is 97.2 Å². The monoisotopic (exact) mass is 931 g/mol. The zero-order valence-corrected chi connectivity index (χ0v) is 43.6. The Balaban J connectivity index is 4.43. The minimum Gasteiger partial charge on any atom is -0.462 e. The van der Waals surface area contributed by atoms with Crippen LogP contribution >= 0.6 is 0 Å². The molecule has 0 aromatic heterocycles. The standard InChI is InChI=1S/C61H102O6/c1-4-7-10-13-16-19-22-25-27-29-30-32-33-36-39-42-45-48-51-54-60(63)66-57-58(56-65-59(62)53-50-47-44-41-38-35-24-21-18-15-12-9-6-3)67-61(64)55-52-49-46-43-40-37-34-31-28-26-23-20-17-14-11-8-5-2/h9,12,15-22,24-26,28,35,38,58H,4-8,10-11,13-14,23,27,29-34,36-37,39-57H2,1-3H3/b12-9-,18-15-,19-16-,20-17-,24-21-,25-22-,28-26-,38-35-. The summed E-state index contributed by atoms with van der Waals surface area (Å²) in [5.41, 5.74) is 0. The third-order valence-electron chi connectivity index (χ3n) is 11.7. The highest BCUT2D eigenvalue weighted by molar-refractivity contribution is 5.71. The molecule has 382 valence electrons. The summed E-state index contributed by atoms with van der Waals surface area (Å²) in [7, 11) is 0. The second kappa shape index (κ2) is 54.9. The Morgan fingerprint density at radius 2 is 0.642 bits per heavy atom. The first kappa shape index (κ1) is 63.3. The molecular formula is C61H102O6. The highest BCUT2D eigenvalue weighted by Gasteiger charge is 2.19. The maximum absolute atomic E-state index is 12.8. The zero-order chi connectivity index (χ0) is 48.6. The van der Waals surface area contributed by atoms with Gasteiger partial charge in [0.05, 0.1) is 0 Å². The Bertz CT molecular complexity index is 1350. The number of rotatable bonds is 49. The van der Waals surface area contributed by atoms with E-state index in [0.717, 1.165) is 83.5 Å². The van der Waals surface area contributed by atoms with E-state index in [1.54, 1.807) is 0 Å². The van der Waals surface area contributed by atoms with Crippen molar-refractivity contribution in [2.24, 2.45) is 0 Å². The molecule has 0 N–H and O–H groups in total. The van der Waals surface area contributed by atoms with Crippen molar-refractivity contribution in [3.63, 3.8) is 0 Å². The topological polar surface area (TPSA) is 78.9 Å². The molecule has 0 amide bonds. The molecule has 0 bridgehead atoms. The Labute approximate surface area is 413 Å². The van der Waals surface area contributed by atoms with Gasteiger partial charge in [-0.25, -0.2) is 0 Å². The normalized spacial score (nSPS) is 12.8. The maximum atomic E-state index is 12.8. The molecule has 0 aromatic rings. The van der Waals surface area contributed by atoms with Gasteiger partial charge >= 0.3 is 17.9 Å². The molecule has 6 nitrogen and oxygen atoms in total. The Morgan fingerprint density at radius 1 is 0.328 bits per heavy atom. The van der Waals surface area contributed by atoms with E-state index in [-0.39, 0.29) is 31.1 Å². The average molecular weight is 931 g/mol. The molecule has 0 rings (SSSR count). The van der Waals surface area contributed by atoms with Crippen LogP contribution in [0.1, 0.15) is 252 Å². The number of carbonyl (C=O) groups is 3. The van der Waals surface area contributed by atoms with Gasteiger partial charge in [0.2, 0.25) is 0 Å². The van der Waals surface area contributed by atoms with Gasteiger partial charge in [-0.05, 0) is 96.3 Å². The van der Waals surface area contributed by atoms with Crippen LogP contribution in [0.3, 0.4) is 0 Å². The number of unbranched alkanes of at least 4 members (excludes halogenated alkanes) is 26. The predicted molar refractivity (Wildman–Crippen MR) is 288 cm³/mol. The van der Waals surface area contributed by atoms with E-state index in [0.29, 0.717) is 19.3 Å². The van der Waals surface area contributed by atoms with Crippen molar-refractivity contribution in [3.8, 4) is 0 Å². The molecule has 0 spiro atoms. The molecule has 1 unspecified atom stereocenters. The van der Waals surface area contributed by atoms with E-state index in [4.69, 9.17) is 14.2 Å². The summed E-state index contributed by atoms with van der Waals surface area (Å²) in [6.45, 7) is 6.41. The minimum absolute atomic E-state index is 0.0960. The summed E-state index contributed by atoms with van der Waals surface area (Å²) in [5, 5.41) is 0. The van der Waals surface area contributed by atoms with E-state index < -0.39 is 6.10 Å². The van der Waals surface area contributed by atoms with Gasteiger partial charge in [-0.15, -0.1) is 0 Å². The molecule has 0 radical (unpaired) electrons. The predicted octanol–water partition coefficient (Wildman–Crippen LogP) is 18.5. The maximum Gasteiger partial charge on any atom is 0.306 e. The van der Waals surface area contributed by atoms with Gasteiger partial charge in [-0.3, -0.25) is 14.4 Å². The minimum atomic E-state index is -0.800. The van der Waals surface area contributed by atoms with Crippen molar-refractivity contribution < 1.29 is 28.6 Å². The molecule has 1 atom stereocenters. The van der Waals surface area contributed by atoms with Gasteiger partial charge in [-0.2, -0.15) is 0 Å². The smallest absolute Gasteiger partial charge is 0.306 e. The summed E-state index contributed by atoms with van der Waals surface area (Å²) >= 11 is 0. The lowest BCUT2D eigenvalue weighted by atomic mass is 10.1. The number of allylic oxidation sites excluding steroid dienone is 16. The van der Waals surface area contributed by atoms with E-state index >= 15 is 0 Å². The van der Waals surface area contributed by atoms with Crippen molar-refractivity contribution in [1.29, 1.82) is 0 Å². The SMILES string of the molecule is CC\C=C/C=C\C=C/C=C\CCCCCC(=O)OCC(COC(=O)CCCCCCCCCCCC/C=C\C=C/CCCCC)OC(=O)CCCCCCCCC/C=C\C/C=C\CCCCC. The van der Waals surface area contributed by atoms with E-state index in [1.807, 2.05) is 36.5 Å². The number of hydrogen-bond donors (Lipinski definition) is 0. The van der Waals surface area contributed by atoms with Crippen molar-refractivity contribution >= 4 is 17.9 Å². The number of hydrogen-bond acceptors (Lipinski definition) is 6. The first-order valence-corrected chi connectivity index (χ1v) is 27.8. The largest absolute Gasteiger partial charge is 0.462 e. The van der Waals surface area contributed by atoms with Crippen molar-refractivity contribution in [2.75, 3.05) is 13.2 Å². The third-order valence-corrected chi connectivity index (χ3v) is 11.7. The average Bonchev–Trinajstić information content (AvgIpc) is 3.33. The number of ether oxygens (including phenoxy) is 3. The fourth-order valence-corrected chi connectivity index (χ4v) is 7.47. The van der Waals surface area contributed by atoms with Crippen LogP contribution in [0.5, 0.6) is 0 Å². The summed E-state index contributed by atoms with van der Waals surface area (Å²) in [4.78, 5) is 38.1. The van der Waals surface area contributed by atoms with Crippen LogP contribution in [0.25, 0.3) is 0 Å². The molecule has 0 aromatic carbocycles. The molecule has 0 heterocycles. The summed E-state index contributed by atoms with van der Waals surface area (Å²) < 4.78 is 16.8. The molecule has 67 heavy (non-hydrogen) atoms. The molecule has 0 aliphatic carbocycles. The van der Waals surface area contributed by atoms with Crippen LogP contribution in [-0.4, -0.2) is 37.2 Å². The second-order valence-corrected chi connectivity index (χ2v) is 18.2. The van der Waals surface area contributed by atoms with Crippen LogP contribution in [0.2, 0.25) is 0 Å². The number of esters is 3. The van der Waals surface area contributed by atoms with Crippen molar-refractivity contribution in [2.45, 2.75) is 258 Å². The van der Waals surface area contributed by atoms with Crippen molar-refractivity contribution in [3.05, 3.63) is 97.2 Å². The summed E-state index contributed by atoms with van der Waals surface area (Å²) in [6.07, 6.45) is 72.5. The van der Waals surface area contributed by atoms with Gasteiger partial charge < -0.3 is 14.2 Å². The van der Waals surface area contributed by atoms with Gasteiger partial charge in [0.1, 0.15) is 13.2 Å². The van der Waals surface area contributed by atoms with E-state index in [9.17, 15) is 14.4 Å². The van der Waals surface area contributed by atoms with Crippen molar-refractivity contribution in [1.82, 2.24) is 0 Å². The van der Waals surface area contributed by atoms with Crippen LogP contribution in [0.4, 0.5) is 0 Å². The third kappa shape index (κ3) is 53.2. The Morgan fingerprint density at radius 3 is 1.06 bits per heavy atom. The fourth-order valence-electron chi connectivity index (χ4n) is 7.47. The van der Waals surface area contributed by atoms with Gasteiger partial charge in [-0.1, -0.05) is 234 Å². The van der Waals surface area contributed by atoms with Crippen LogP contribution in [-0.2, 0) is 28.6 Å². The Kier molecular flexibility index (Phi) is 51.9. The van der Waals surface area contributed by atoms with Gasteiger partial charge in [0, 0.05) is 19.3 Å².